The molecule has 0 aliphatic carbocycles. The van der Waals surface area contributed by atoms with Gasteiger partial charge in [-0.2, -0.15) is 0 Å². The lowest BCUT2D eigenvalue weighted by Crippen LogP contribution is -2.44. The summed E-state index contributed by atoms with van der Waals surface area (Å²) in [6.07, 6.45) is 0.528. The molecule has 0 radical (unpaired) electrons. The van der Waals surface area contributed by atoms with Gasteiger partial charge in [0.05, 0.1) is 0 Å². The third-order valence-corrected chi connectivity index (χ3v) is 3.23. The van der Waals surface area contributed by atoms with Crippen molar-refractivity contribution in [3.05, 3.63) is 34.9 Å². The molecule has 0 saturated heterocycles. The lowest BCUT2D eigenvalue weighted by atomic mass is 10.1. The molecule has 2 atom stereocenters. The highest BCUT2D eigenvalue weighted by Crippen LogP contribution is 2.11. The quantitative estimate of drug-likeness (QED) is 0.836. The highest BCUT2D eigenvalue weighted by Gasteiger charge is 2.16. The van der Waals surface area contributed by atoms with E-state index in [-0.39, 0.29) is 12.1 Å². The minimum atomic E-state index is -0.470. The van der Waals surface area contributed by atoms with Crippen LogP contribution in [0.4, 0.5) is 4.79 Å². The van der Waals surface area contributed by atoms with Crippen LogP contribution >= 0.6 is 11.6 Å². The monoisotopic (exact) mass is 326 g/mol. The predicted octanol–water partition coefficient (Wildman–Crippen LogP) is 3.77. The van der Waals surface area contributed by atoms with Gasteiger partial charge >= 0.3 is 6.09 Å². The van der Waals surface area contributed by atoms with Crippen molar-refractivity contribution in [1.82, 2.24) is 10.6 Å². The number of halogens is 1. The number of hydrogen-bond acceptors (Lipinski definition) is 3. The predicted molar refractivity (Wildman–Crippen MR) is 91.5 cm³/mol. The summed E-state index contributed by atoms with van der Waals surface area (Å²) in [5.74, 6) is 0. The lowest BCUT2D eigenvalue weighted by Gasteiger charge is -2.23. The molecule has 0 bridgehead atoms. The number of carbonyl (C=O) groups excluding carboxylic acids is 1. The van der Waals surface area contributed by atoms with Gasteiger partial charge in [-0.3, -0.25) is 0 Å². The van der Waals surface area contributed by atoms with E-state index in [4.69, 9.17) is 16.3 Å². The number of amides is 1. The Hall–Kier alpha value is -1.26. The molecule has 124 valence electrons. The Morgan fingerprint density at radius 3 is 2.32 bits per heavy atom. The zero-order valence-electron chi connectivity index (χ0n) is 14.1. The largest absolute Gasteiger partial charge is 0.444 e. The molecule has 4 nitrogen and oxygen atoms in total. The molecule has 1 rings (SSSR count). The van der Waals surface area contributed by atoms with Crippen LogP contribution in [0, 0.1) is 0 Å². The Labute approximate surface area is 138 Å². The molecule has 1 aromatic rings. The second-order valence-electron chi connectivity index (χ2n) is 6.68. The van der Waals surface area contributed by atoms with Crippen LogP contribution in [-0.4, -0.2) is 30.3 Å². The molecule has 2 N–H and O–H groups in total. The number of hydrogen-bond donors (Lipinski definition) is 2. The summed E-state index contributed by atoms with van der Waals surface area (Å²) in [5, 5.41) is 6.98. The number of benzene rings is 1. The minimum absolute atomic E-state index is 0.162. The normalized spacial score (nSPS) is 14.3. The number of ether oxygens (including phenoxy) is 1. The lowest BCUT2D eigenvalue weighted by molar-refractivity contribution is 0.0522. The second kappa shape index (κ2) is 8.39. The van der Waals surface area contributed by atoms with Gasteiger partial charge in [0.2, 0.25) is 0 Å². The topological polar surface area (TPSA) is 50.4 Å². The molecule has 1 aromatic carbocycles. The highest BCUT2D eigenvalue weighted by molar-refractivity contribution is 6.30. The third kappa shape index (κ3) is 8.25. The van der Waals surface area contributed by atoms with Crippen LogP contribution in [0.15, 0.2) is 24.3 Å². The molecular weight excluding hydrogens is 300 g/mol. The van der Waals surface area contributed by atoms with Gasteiger partial charge in [-0.05, 0) is 58.7 Å². The maximum absolute atomic E-state index is 11.6. The standard InChI is InChI=1S/C17H27ClN2O2/c1-12(10-14-6-8-15(18)9-7-14)20-13(2)11-19-16(21)22-17(3,4)5/h6-9,12-13,20H,10-11H2,1-5H3,(H,19,21). The first-order valence-corrected chi connectivity index (χ1v) is 8.01. The van der Waals surface area contributed by atoms with Gasteiger partial charge in [0, 0.05) is 23.7 Å². The van der Waals surface area contributed by atoms with Crippen molar-refractivity contribution in [2.24, 2.45) is 0 Å². The van der Waals surface area contributed by atoms with Crippen LogP contribution in [0.2, 0.25) is 5.02 Å². The van der Waals surface area contributed by atoms with Crippen molar-refractivity contribution < 1.29 is 9.53 Å². The molecule has 5 heteroatoms. The third-order valence-electron chi connectivity index (χ3n) is 2.98. The van der Waals surface area contributed by atoms with E-state index in [1.54, 1.807) is 0 Å². The molecule has 0 aliphatic heterocycles. The fourth-order valence-electron chi connectivity index (χ4n) is 2.13. The van der Waals surface area contributed by atoms with Gasteiger partial charge in [0.1, 0.15) is 5.60 Å². The fraction of sp³-hybridized carbons (Fsp3) is 0.588. The smallest absolute Gasteiger partial charge is 0.407 e. The summed E-state index contributed by atoms with van der Waals surface area (Å²) in [6, 6.07) is 8.33. The van der Waals surface area contributed by atoms with Gasteiger partial charge in [-0.1, -0.05) is 23.7 Å². The van der Waals surface area contributed by atoms with E-state index in [0.717, 1.165) is 11.4 Å². The summed E-state index contributed by atoms with van der Waals surface area (Å²) in [5.41, 5.74) is 0.763. The second-order valence-corrected chi connectivity index (χ2v) is 7.12. The number of carbonyl (C=O) groups is 1. The number of alkyl carbamates (subject to hydrolysis) is 1. The molecule has 22 heavy (non-hydrogen) atoms. The first-order valence-electron chi connectivity index (χ1n) is 7.63. The van der Waals surface area contributed by atoms with E-state index in [1.165, 1.54) is 5.56 Å². The van der Waals surface area contributed by atoms with Crippen LogP contribution in [0.1, 0.15) is 40.2 Å². The van der Waals surface area contributed by atoms with E-state index >= 15 is 0 Å². The van der Waals surface area contributed by atoms with Gasteiger partial charge in [-0.25, -0.2) is 4.79 Å². The molecule has 0 spiro atoms. The zero-order chi connectivity index (χ0) is 16.8. The zero-order valence-corrected chi connectivity index (χ0v) is 14.8. The van der Waals surface area contributed by atoms with E-state index in [2.05, 4.69) is 17.6 Å². The Balaban J connectivity index is 2.30. The summed E-state index contributed by atoms with van der Waals surface area (Å²) in [7, 11) is 0. The SMILES string of the molecule is CC(CNC(=O)OC(C)(C)C)NC(C)Cc1ccc(Cl)cc1. The van der Waals surface area contributed by atoms with Crippen molar-refractivity contribution in [1.29, 1.82) is 0 Å². The van der Waals surface area contributed by atoms with E-state index < -0.39 is 5.60 Å². The van der Waals surface area contributed by atoms with Gasteiger partial charge in [0.25, 0.3) is 0 Å². The van der Waals surface area contributed by atoms with Crippen molar-refractivity contribution >= 4 is 17.7 Å². The van der Waals surface area contributed by atoms with Crippen LogP contribution in [0.5, 0.6) is 0 Å². The summed E-state index contributed by atoms with van der Waals surface area (Å²) >= 11 is 5.88. The van der Waals surface area contributed by atoms with E-state index in [1.807, 2.05) is 52.0 Å². The first kappa shape index (κ1) is 18.8. The van der Waals surface area contributed by atoms with Crippen LogP contribution in [0.25, 0.3) is 0 Å². The average molecular weight is 327 g/mol. The Bertz CT molecular complexity index is 469. The molecule has 0 saturated carbocycles. The summed E-state index contributed by atoms with van der Waals surface area (Å²) < 4.78 is 5.21. The molecule has 0 aliphatic rings. The van der Waals surface area contributed by atoms with Crippen molar-refractivity contribution in [3.63, 3.8) is 0 Å². The molecule has 0 aromatic heterocycles. The van der Waals surface area contributed by atoms with E-state index in [9.17, 15) is 4.79 Å². The Morgan fingerprint density at radius 1 is 1.18 bits per heavy atom. The Kier molecular flexibility index (Phi) is 7.17. The van der Waals surface area contributed by atoms with Gasteiger partial charge in [0.15, 0.2) is 0 Å². The first-order chi connectivity index (χ1) is 10.2. The number of rotatable bonds is 6. The molecule has 0 fully saturated rings. The maximum atomic E-state index is 11.6. The molecule has 2 unspecified atom stereocenters. The van der Waals surface area contributed by atoms with Crippen LogP contribution in [-0.2, 0) is 11.2 Å². The van der Waals surface area contributed by atoms with Crippen molar-refractivity contribution in [3.8, 4) is 0 Å². The fourth-order valence-corrected chi connectivity index (χ4v) is 2.25. The summed E-state index contributed by atoms with van der Waals surface area (Å²) in [4.78, 5) is 11.6. The van der Waals surface area contributed by atoms with Gasteiger partial charge < -0.3 is 15.4 Å². The Morgan fingerprint density at radius 2 is 1.77 bits per heavy atom. The molecule has 0 heterocycles. The maximum Gasteiger partial charge on any atom is 0.407 e. The van der Waals surface area contributed by atoms with Gasteiger partial charge in [-0.15, -0.1) is 0 Å². The molecular formula is C17H27ClN2O2. The highest BCUT2D eigenvalue weighted by atomic mass is 35.5. The van der Waals surface area contributed by atoms with Crippen LogP contribution < -0.4 is 10.6 Å². The van der Waals surface area contributed by atoms with Crippen molar-refractivity contribution in [2.45, 2.75) is 58.7 Å². The average Bonchev–Trinajstić information content (AvgIpc) is 2.37. The van der Waals surface area contributed by atoms with Crippen molar-refractivity contribution in [2.75, 3.05) is 6.54 Å². The molecule has 1 amide bonds. The minimum Gasteiger partial charge on any atom is -0.444 e. The van der Waals surface area contributed by atoms with Crippen LogP contribution in [0.3, 0.4) is 0 Å². The summed E-state index contributed by atoms with van der Waals surface area (Å²) in [6.45, 7) is 10.2. The van der Waals surface area contributed by atoms with E-state index in [0.29, 0.717) is 12.6 Å². The number of nitrogens with one attached hydrogen (secondary N) is 2.